The van der Waals surface area contributed by atoms with Crippen molar-refractivity contribution in [2.24, 2.45) is 0 Å². The van der Waals surface area contributed by atoms with Crippen LogP contribution in [0.25, 0.3) is 16.8 Å². The van der Waals surface area contributed by atoms with Gasteiger partial charge in [-0.2, -0.15) is 0 Å². The molecule has 0 aromatic heterocycles. The second-order valence-corrected chi connectivity index (χ2v) is 5.60. The van der Waals surface area contributed by atoms with Crippen molar-refractivity contribution in [1.82, 2.24) is 0 Å². The Labute approximate surface area is 132 Å². The largest absolute Gasteiger partial charge is 0.344 e. The van der Waals surface area contributed by atoms with E-state index in [1.54, 1.807) is 0 Å². The van der Waals surface area contributed by atoms with Gasteiger partial charge >= 0.3 is 0 Å². The standard InChI is InChI=1S/C21H21N/c1-4-8-20-16(2)9-7-12-21(20)22(3)19-14-13-17-10-5-6-11-18(17)15-19/h4-15H,1-3H3/b8-4-. The molecule has 0 N–H and O–H groups in total. The van der Waals surface area contributed by atoms with Crippen LogP contribution in [0, 0.1) is 6.92 Å². The first-order valence-electron chi connectivity index (χ1n) is 7.65. The van der Waals surface area contributed by atoms with Gasteiger partial charge in [-0.3, -0.25) is 0 Å². The summed E-state index contributed by atoms with van der Waals surface area (Å²) >= 11 is 0. The normalized spacial score (nSPS) is 11.2. The van der Waals surface area contributed by atoms with Gasteiger partial charge < -0.3 is 4.90 Å². The molecule has 0 heterocycles. The third-order valence-corrected chi connectivity index (χ3v) is 4.12. The van der Waals surface area contributed by atoms with Gasteiger partial charge in [0, 0.05) is 24.0 Å². The second-order valence-electron chi connectivity index (χ2n) is 5.60. The van der Waals surface area contributed by atoms with Crippen molar-refractivity contribution < 1.29 is 0 Å². The molecule has 0 fully saturated rings. The van der Waals surface area contributed by atoms with E-state index >= 15 is 0 Å². The number of hydrogen-bond donors (Lipinski definition) is 0. The zero-order chi connectivity index (χ0) is 15.5. The molecule has 1 heteroatoms. The number of anilines is 2. The molecule has 0 atom stereocenters. The Bertz CT molecular complexity index is 830. The first kappa shape index (κ1) is 14.4. The zero-order valence-corrected chi connectivity index (χ0v) is 13.4. The SMILES string of the molecule is C/C=C\c1c(C)cccc1N(C)c1ccc2ccccc2c1. The van der Waals surface area contributed by atoms with Crippen molar-refractivity contribution >= 4 is 28.2 Å². The maximum atomic E-state index is 2.26. The molecule has 1 nitrogen and oxygen atoms in total. The van der Waals surface area contributed by atoms with E-state index in [0.29, 0.717) is 0 Å². The molecule has 0 bridgehead atoms. The third kappa shape index (κ3) is 2.62. The number of benzene rings is 3. The van der Waals surface area contributed by atoms with Gasteiger partial charge in [0.2, 0.25) is 0 Å². The second kappa shape index (κ2) is 6.07. The fourth-order valence-corrected chi connectivity index (χ4v) is 2.87. The molecule has 0 radical (unpaired) electrons. The van der Waals surface area contributed by atoms with Crippen molar-refractivity contribution in [3.8, 4) is 0 Å². The molecule has 0 saturated heterocycles. The maximum absolute atomic E-state index is 2.26. The van der Waals surface area contributed by atoms with Gasteiger partial charge in [0.25, 0.3) is 0 Å². The Morgan fingerprint density at radius 1 is 0.864 bits per heavy atom. The maximum Gasteiger partial charge on any atom is 0.0484 e. The molecule has 22 heavy (non-hydrogen) atoms. The van der Waals surface area contributed by atoms with Crippen LogP contribution in [-0.2, 0) is 0 Å². The number of fused-ring (bicyclic) bond motifs is 1. The lowest BCUT2D eigenvalue weighted by Gasteiger charge is -2.23. The van der Waals surface area contributed by atoms with Crippen LogP contribution >= 0.6 is 0 Å². The fraction of sp³-hybridized carbons (Fsp3) is 0.143. The van der Waals surface area contributed by atoms with Crippen LogP contribution in [0.5, 0.6) is 0 Å². The highest BCUT2D eigenvalue weighted by atomic mass is 15.1. The fourth-order valence-electron chi connectivity index (χ4n) is 2.87. The first-order chi connectivity index (χ1) is 10.7. The predicted molar refractivity (Wildman–Crippen MR) is 97.9 cm³/mol. The molecule has 0 saturated carbocycles. The van der Waals surface area contributed by atoms with Crippen molar-refractivity contribution in [2.75, 3.05) is 11.9 Å². The van der Waals surface area contributed by atoms with Crippen LogP contribution < -0.4 is 4.90 Å². The Morgan fingerprint density at radius 3 is 2.41 bits per heavy atom. The molecule has 3 aromatic carbocycles. The Morgan fingerprint density at radius 2 is 1.64 bits per heavy atom. The Balaban J connectivity index is 2.09. The molecule has 0 unspecified atom stereocenters. The molecular weight excluding hydrogens is 266 g/mol. The number of nitrogens with zero attached hydrogens (tertiary/aromatic N) is 1. The van der Waals surface area contributed by atoms with Gasteiger partial charge in [0.1, 0.15) is 0 Å². The quantitative estimate of drug-likeness (QED) is 0.575. The topological polar surface area (TPSA) is 3.24 Å². The lowest BCUT2D eigenvalue weighted by molar-refractivity contribution is 1.20. The van der Waals surface area contributed by atoms with E-state index in [1.807, 2.05) is 0 Å². The molecule has 0 aliphatic rings. The lowest BCUT2D eigenvalue weighted by Crippen LogP contribution is -2.11. The van der Waals surface area contributed by atoms with Gasteiger partial charge in [-0.15, -0.1) is 0 Å². The summed E-state index contributed by atoms with van der Waals surface area (Å²) < 4.78 is 0. The minimum absolute atomic E-state index is 1.20. The minimum Gasteiger partial charge on any atom is -0.344 e. The molecule has 110 valence electrons. The van der Waals surface area contributed by atoms with E-state index in [9.17, 15) is 0 Å². The van der Waals surface area contributed by atoms with Crippen molar-refractivity contribution in [1.29, 1.82) is 0 Å². The Kier molecular flexibility index (Phi) is 3.97. The van der Waals surface area contributed by atoms with Gasteiger partial charge in [-0.1, -0.05) is 54.6 Å². The van der Waals surface area contributed by atoms with E-state index in [-0.39, 0.29) is 0 Å². The summed E-state index contributed by atoms with van der Waals surface area (Å²) in [5, 5.41) is 2.55. The number of hydrogen-bond acceptors (Lipinski definition) is 1. The van der Waals surface area contributed by atoms with Crippen LogP contribution in [0.4, 0.5) is 11.4 Å². The number of rotatable bonds is 3. The molecule has 0 spiro atoms. The summed E-state index contributed by atoms with van der Waals surface area (Å²) in [5.74, 6) is 0. The molecule has 0 amide bonds. The minimum atomic E-state index is 1.20. The smallest absolute Gasteiger partial charge is 0.0484 e. The summed E-state index contributed by atoms with van der Waals surface area (Å²) in [7, 11) is 2.13. The summed E-state index contributed by atoms with van der Waals surface area (Å²) in [4.78, 5) is 2.26. The molecule has 0 aliphatic carbocycles. The highest BCUT2D eigenvalue weighted by molar-refractivity contribution is 5.87. The summed E-state index contributed by atoms with van der Waals surface area (Å²) in [5.41, 5.74) is 5.01. The Hall–Kier alpha value is -2.54. The molecule has 0 aliphatic heterocycles. The van der Waals surface area contributed by atoms with Gasteiger partial charge in [0.15, 0.2) is 0 Å². The number of allylic oxidation sites excluding steroid dienone is 1. The van der Waals surface area contributed by atoms with Crippen molar-refractivity contribution in [3.63, 3.8) is 0 Å². The van der Waals surface area contributed by atoms with Crippen LogP contribution in [-0.4, -0.2) is 7.05 Å². The predicted octanol–water partition coefficient (Wildman–Crippen LogP) is 5.95. The monoisotopic (exact) mass is 287 g/mol. The molecular formula is C21H21N. The van der Waals surface area contributed by atoms with E-state index < -0.39 is 0 Å². The highest BCUT2D eigenvalue weighted by Gasteiger charge is 2.09. The van der Waals surface area contributed by atoms with E-state index in [2.05, 4.69) is 98.6 Å². The highest BCUT2D eigenvalue weighted by Crippen LogP contribution is 2.31. The van der Waals surface area contributed by atoms with Crippen LogP contribution in [0.15, 0.2) is 66.7 Å². The van der Waals surface area contributed by atoms with E-state index in [0.717, 1.165) is 0 Å². The van der Waals surface area contributed by atoms with Gasteiger partial charge in [0.05, 0.1) is 0 Å². The van der Waals surface area contributed by atoms with Crippen molar-refractivity contribution in [3.05, 3.63) is 77.9 Å². The average Bonchev–Trinajstić information content (AvgIpc) is 2.56. The summed E-state index contributed by atoms with van der Waals surface area (Å²) in [6.07, 6.45) is 4.28. The third-order valence-electron chi connectivity index (χ3n) is 4.12. The molecule has 3 rings (SSSR count). The van der Waals surface area contributed by atoms with Gasteiger partial charge in [-0.05, 0) is 48.4 Å². The summed E-state index contributed by atoms with van der Waals surface area (Å²) in [6, 6.07) is 21.6. The molecule has 3 aromatic rings. The average molecular weight is 287 g/mol. The van der Waals surface area contributed by atoms with Crippen LogP contribution in [0.1, 0.15) is 18.1 Å². The number of aryl methyl sites for hydroxylation is 1. The van der Waals surface area contributed by atoms with Crippen molar-refractivity contribution in [2.45, 2.75) is 13.8 Å². The first-order valence-corrected chi connectivity index (χ1v) is 7.65. The lowest BCUT2D eigenvalue weighted by atomic mass is 10.0. The van der Waals surface area contributed by atoms with Crippen LogP contribution in [0.3, 0.4) is 0 Å². The summed E-state index contributed by atoms with van der Waals surface area (Å²) in [6.45, 7) is 4.22. The zero-order valence-electron chi connectivity index (χ0n) is 13.4. The van der Waals surface area contributed by atoms with Gasteiger partial charge in [-0.25, -0.2) is 0 Å². The van der Waals surface area contributed by atoms with E-state index in [1.165, 1.54) is 33.3 Å². The van der Waals surface area contributed by atoms with E-state index in [4.69, 9.17) is 0 Å². The van der Waals surface area contributed by atoms with Crippen LogP contribution in [0.2, 0.25) is 0 Å².